The highest BCUT2D eigenvalue weighted by Crippen LogP contribution is 2.15. The fourth-order valence-corrected chi connectivity index (χ4v) is 2.97. The predicted molar refractivity (Wildman–Crippen MR) is 107 cm³/mol. The number of rotatable bonds is 12. The molecule has 2 rings (SSSR count). The van der Waals surface area contributed by atoms with Crippen molar-refractivity contribution in [2.45, 2.75) is 65.5 Å². The second-order valence-electron chi connectivity index (χ2n) is 6.79. The van der Waals surface area contributed by atoms with Gasteiger partial charge < -0.3 is 10.1 Å². The van der Waals surface area contributed by atoms with Gasteiger partial charge in [0.25, 0.3) is 0 Å². The molecule has 0 aliphatic heterocycles. The van der Waals surface area contributed by atoms with E-state index in [0.717, 1.165) is 31.9 Å². The van der Waals surface area contributed by atoms with Crippen LogP contribution in [0.4, 0.5) is 0 Å². The Labute approximate surface area is 153 Å². The molecule has 0 aliphatic carbocycles. The molecule has 0 aliphatic rings. The normalized spacial score (nSPS) is 10.8. The number of hydrogen-bond acceptors (Lipinski definition) is 2. The Bertz CT molecular complexity index is 609. The van der Waals surface area contributed by atoms with Crippen molar-refractivity contribution < 1.29 is 4.74 Å². The van der Waals surface area contributed by atoms with E-state index < -0.39 is 0 Å². The minimum atomic E-state index is 0.826. The lowest BCUT2D eigenvalue weighted by molar-refractivity contribution is 0.304. The highest BCUT2D eigenvalue weighted by Gasteiger charge is 2.00. The van der Waals surface area contributed by atoms with E-state index in [1.54, 1.807) is 0 Å². The highest BCUT2D eigenvalue weighted by atomic mass is 16.5. The van der Waals surface area contributed by atoms with Gasteiger partial charge >= 0.3 is 0 Å². The van der Waals surface area contributed by atoms with Crippen LogP contribution in [0.25, 0.3) is 0 Å². The minimum absolute atomic E-state index is 0.826. The van der Waals surface area contributed by atoms with E-state index in [-0.39, 0.29) is 0 Å². The molecule has 25 heavy (non-hydrogen) atoms. The fourth-order valence-electron chi connectivity index (χ4n) is 2.97. The SMILES string of the molecule is CCCCCCCCOc1cccc(CNCc2ccccc2C)c1. The average molecular weight is 340 g/mol. The van der Waals surface area contributed by atoms with Crippen LogP contribution in [0.2, 0.25) is 0 Å². The Balaban J connectivity index is 1.67. The summed E-state index contributed by atoms with van der Waals surface area (Å²) in [4.78, 5) is 0. The topological polar surface area (TPSA) is 21.3 Å². The summed E-state index contributed by atoms with van der Waals surface area (Å²) < 4.78 is 5.91. The van der Waals surface area contributed by atoms with Crippen molar-refractivity contribution in [3.05, 3.63) is 65.2 Å². The largest absolute Gasteiger partial charge is 0.494 e. The molecule has 2 nitrogen and oxygen atoms in total. The molecule has 0 atom stereocenters. The molecular weight excluding hydrogens is 306 g/mol. The maximum absolute atomic E-state index is 5.91. The van der Waals surface area contributed by atoms with Crippen molar-refractivity contribution in [1.29, 1.82) is 0 Å². The second-order valence-corrected chi connectivity index (χ2v) is 6.79. The van der Waals surface area contributed by atoms with Gasteiger partial charge in [0.05, 0.1) is 6.61 Å². The van der Waals surface area contributed by atoms with Crippen LogP contribution in [0.3, 0.4) is 0 Å². The summed E-state index contributed by atoms with van der Waals surface area (Å²) in [6.45, 7) is 7.00. The van der Waals surface area contributed by atoms with E-state index in [1.807, 2.05) is 0 Å². The molecule has 0 spiro atoms. The molecule has 1 N–H and O–H groups in total. The van der Waals surface area contributed by atoms with Crippen LogP contribution in [0, 0.1) is 6.92 Å². The third-order valence-corrected chi connectivity index (χ3v) is 4.57. The van der Waals surface area contributed by atoms with E-state index in [4.69, 9.17) is 4.74 Å². The summed E-state index contributed by atoms with van der Waals surface area (Å²) in [5.41, 5.74) is 3.97. The van der Waals surface area contributed by atoms with Crippen LogP contribution in [0.1, 0.15) is 62.1 Å². The second kappa shape index (κ2) is 11.7. The number of nitrogens with one attached hydrogen (secondary N) is 1. The van der Waals surface area contributed by atoms with Gasteiger partial charge in [0, 0.05) is 13.1 Å². The van der Waals surface area contributed by atoms with Gasteiger partial charge in [-0.2, -0.15) is 0 Å². The van der Waals surface area contributed by atoms with Crippen molar-refractivity contribution in [1.82, 2.24) is 5.32 Å². The first-order valence-corrected chi connectivity index (χ1v) is 9.76. The summed E-state index contributed by atoms with van der Waals surface area (Å²) in [6.07, 6.45) is 7.79. The molecule has 0 saturated heterocycles. The number of ether oxygens (including phenoxy) is 1. The zero-order chi connectivity index (χ0) is 17.7. The van der Waals surface area contributed by atoms with Crippen molar-refractivity contribution >= 4 is 0 Å². The third kappa shape index (κ3) is 7.74. The predicted octanol–water partition coefficient (Wildman–Crippen LogP) is 6.02. The van der Waals surface area contributed by atoms with Gasteiger partial charge in [0.2, 0.25) is 0 Å². The molecule has 2 aromatic carbocycles. The van der Waals surface area contributed by atoms with Gasteiger partial charge in [-0.25, -0.2) is 0 Å². The van der Waals surface area contributed by atoms with E-state index in [2.05, 4.69) is 67.7 Å². The molecule has 0 unspecified atom stereocenters. The molecule has 0 saturated carbocycles. The summed E-state index contributed by atoms with van der Waals surface area (Å²) in [5.74, 6) is 0.990. The lowest BCUT2D eigenvalue weighted by Gasteiger charge is -2.10. The summed E-state index contributed by atoms with van der Waals surface area (Å²) in [5, 5.41) is 3.53. The fraction of sp³-hybridized carbons (Fsp3) is 0.478. The zero-order valence-electron chi connectivity index (χ0n) is 15.9. The Kier molecular flexibility index (Phi) is 9.14. The average Bonchev–Trinajstić information content (AvgIpc) is 2.63. The van der Waals surface area contributed by atoms with Gasteiger partial charge in [-0.3, -0.25) is 0 Å². The van der Waals surface area contributed by atoms with Crippen LogP contribution in [0.15, 0.2) is 48.5 Å². The van der Waals surface area contributed by atoms with Crippen LogP contribution >= 0.6 is 0 Å². The quantitative estimate of drug-likeness (QED) is 0.477. The van der Waals surface area contributed by atoms with Crippen LogP contribution in [0.5, 0.6) is 5.75 Å². The monoisotopic (exact) mass is 339 g/mol. The Hall–Kier alpha value is -1.80. The molecule has 136 valence electrons. The van der Waals surface area contributed by atoms with Gasteiger partial charge in [0.1, 0.15) is 5.75 Å². The molecular formula is C23H33NO. The van der Waals surface area contributed by atoms with Crippen molar-refractivity contribution in [3.8, 4) is 5.75 Å². The van der Waals surface area contributed by atoms with Crippen molar-refractivity contribution in [3.63, 3.8) is 0 Å². The number of hydrogen-bond donors (Lipinski definition) is 1. The lowest BCUT2D eigenvalue weighted by atomic mass is 10.1. The third-order valence-electron chi connectivity index (χ3n) is 4.57. The standard InChI is InChI=1S/C23H33NO/c1-3-4-5-6-7-10-16-25-23-15-11-13-21(17-23)18-24-19-22-14-9-8-12-20(22)2/h8-9,11-15,17,24H,3-7,10,16,18-19H2,1-2H3. The Morgan fingerprint density at radius 3 is 2.48 bits per heavy atom. The Morgan fingerprint density at radius 1 is 0.840 bits per heavy atom. The number of aryl methyl sites for hydroxylation is 1. The Morgan fingerprint density at radius 2 is 1.64 bits per heavy atom. The zero-order valence-corrected chi connectivity index (χ0v) is 15.9. The summed E-state index contributed by atoms with van der Waals surface area (Å²) in [6, 6.07) is 17.0. The van der Waals surface area contributed by atoms with Crippen LogP contribution in [-0.4, -0.2) is 6.61 Å². The maximum atomic E-state index is 5.91. The first-order chi connectivity index (χ1) is 12.3. The molecule has 0 amide bonds. The lowest BCUT2D eigenvalue weighted by Crippen LogP contribution is -2.13. The first-order valence-electron chi connectivity index (χ1n) is 9.76. The van der Waals surface area contributed by atoms with Gasteiger partial charge in [-0.1, -0.05) is 75.4 Å². The van der Waals surface area contributed by atoms with Gasteiger partial charge in [-0.15, -0.1) is 0 Å². The first kappa shape index (κ1) is 19.5. The van der Waals surface area contributed by atoms with Crippen molar-refractivity contribution in [2.75, 3.05) is 6.61 Å². The smallest absolute Gasteiger partial charge is 0.119 e. The van der Waals surface area contributed by atoms with Crippen LogP contribution < -0.4 is 10.1 Å². The number of benzene rings is 2. The summed E-state index contributed by atoms with van der Waals surface area (Å²) in [7, 11) is 0. The van der Waals surface area contributed by atoms with Gasteiger partial charge in [0.15, 0.2) is 0 Å². The maximum Gasteiger partial charge on any atom is 0.119 e. The highest BCUT2D eigenvalue weighted by molar-refractivity contribution is 5.29. The number of unbranched alkanes of at least 4 members (excludes halogenated alkanes) is 5. The molecule has 0 bridgehead atoms. The molecule has 0 heterocycles. The van der Waals surface area contributed by atoms with Gasteiger partial charge in [-0.05, 0) is 42.2 Å². The summed E-state index contributed by atoms with van der Waals surface area (Å²) >= 11 is 0. The van der Waals surface area contributed by atoms with E-state index in [1.165, 1.54) is 48.8 Å². The molecule has 2 aromatic rings. The van der Waals surface area contributed by atoms with E-state index >= 15 is 0 Å². The molecule has 0 fully saturated rings. The minimum Gasteiger partial charge on any atom is -0.494 e. The van der Waals surface area contributed by atoms with E-state index in [0.29, 0.717) is 0 Å². The van der Waals surface area contributed by atoms with E-state index in [9.17, 15) is 0 Å². The molecule has 0 aromatic heterocycles. The van der Waals surface area contributed by atoms with Crippen LogP contribution in [-0.2, 0) is 13.1 Å². The molecule has 2 heteroatoms. The van der Waals surface area contributed by atoms with Crippen molar-refractivity contribution in [2.24, 2.45) is 0 Å². The molecule has 0 radical (unpaired) electrons.